The zero-order chi connectivity index (χ0) is 23.3. The van der Waals surface area contributed by atoms with Crippen LogP contribution in [0.25, 0.3) is 0 Å². The van der Waals surface area contributed by atoms with Gasteiger partial charge < -0.3 is 10.6 Å². The fourth-order valence-corrected chi connectivity index (χ4v) is 3.81. The Hall–Kier alpha value is -3.72. The van der Waals surface area contributed by atoms with Crippen molar-refractivity contribution in [1.82, 2.24) is 0 Å². The van der Waals surface area contributed by atoms with Crippen molar-refractivity contribution in [2.75, 3.05) is 10.6 Å². The molecule has 32 heavy (non-hydrogen) atoms. The van der Waals surface area contributed by atoms with Crippen LogP contribution in [-0.4, -0.2) is 22.0 Å². The Morgan fingerprint density at radius 3 is 2.47 bits per heavy atom. The molecule has 0 bridgehead atoms. The SMILES string of the molecule is Cc1cc([N+](=O)[O-])ccc1NC(=O)C(C)Sc1cccc(NC(=O)c2ccccc2F)c1. The molecule has 3 rings (SSSR count). The summed E-state index contributed by atoms with van der Waals surface area (Å²) in [6, 6.07) is 16.8. The molecule has 9 heteroatoms. The summed E-state index contributed by atoms with van der Waals surface area (Å²) >= 11 is 1.28. The molecule has 0 saturated carbocycles. The largest absolute Gasteiger partial charge is 0.325 e. The fourth-order valence-electron chi connectivity index (χ4n) is 2.88. The predicted molar refractivity (Wildman–Crippen MR) is 123 cm³/mol. The molecule has 0 radical (unpaired) electrons. The summed E-state index contributed by atoms with van der Waals surface area (Å²) in [5, 5.41) is 15.8. The number of amides is 2. The molecule has 0 aliphatic carbocycles. The minimum absolute atomic E-state index is 0.0443. The molecule has 3 aromatic carbocycles. The lowest BCUT2D eigenvalue weighted by molar-refractivity contribution is -0.384. The van der Waals surface area contributed by atoms with E-state index in [-0.39, 0.29) is 17.2 Å². The first kappa shape index (κ1) is 23.0. The van der Waals surface area contributed by atoms with Crippen LogP contribution < -0.4 is 10.6 Å². The molecule has 7 nitrogen and oxygen atoms in total. The minimum Gasteiger partial charge on any atom is -0.325 e. The molecule has 0 aromatic heterocycles. The Labute approximate surface area is 188 Å². The lowest BCUT2D eigenvalue weighted by Crippen LogP contribution is -2.22. The molecule has 0 aliphatic heterocycles. The third kappa shape index (κ3) is 5.70. The molecule has 0 saturated heterocycles. The van der Waals surface area contributed by atoms with E-state index in [2.05, 4.69) is 10.6 Å². The molecule has 1 unspecified atom stereocenters. The summed E-state index contributed by atoms with van der Waals surface area (Å²) in [6.45, 7) is 3.41. The van der Waals surface area contributed by atoms with Crippen LogP contribution in [0.4, 0.5) is 21.5 Å². The molecular weight excluding hydrogens is 433 g/mol. The lowest BCUT2D eigenvalue weighted by Gasteiger charge is -2.14. The van der Waals surface area contributed by atoms with Crippen molar-refractivity contribution in [1.29, 1.82) is 0 Å². The number of nitro groups is 1. The highest BCUT2D eigenvalue weighted by molar-refractivity contribution is 8.00. The van der Waals surface area contributed by atoms with Crippen molar-refractivity contribution in [3.05, 3.63) is 93.8 Å². The summed E-state index contributed by atoms with van der Waals surface area (Å²) in [7, 11) is 0. The number of rotatable bonds is 7. The second-order valence-corrected chi connectivity index (χ2v) is 8.38. The van der Waals surface area contributed by atoms with E-state index in [0.717, 1.165) is 4.90 Å². The summed E-state index contributed by atoms with van der Waals surface area (Å²) in [5.41, 5.74) is 1.46. The van der Waals surface area contributed by atoms with Gasteiger partial charge in [-0.2, -0.15) is 0 Å². The van der Waals surface area contributed by atoms with Crippen LogP contribution in [0.15, 0.2) is 71.6 Å². The molecule has 3 aromatic rings. The number of anilines is 2. The number of carbonyl (C=O) groups excluding carboxylic acids is 2. The predicted octanol–water partition coefficient (Wildman–Crippen LogP) is 5.41. The number of nitro benzene ring substituents is 1. The van der Waals surface area contributed by atoms with Gasteiger partial charge in [0.25, 0.3) is 11.6 Å². The first-order valence-electron chi connectivity index (χ1n) is 9.63. The van der Waals surface area contributed by atoms with Crippen LogP contribution in [0.3, 0.4) is 0 Å². The number of halogens is 1. The summed E-state index contributed by atoms with van der Waals surface area (Å²) < 4.78 is 13.8. The molecule has 0 spiro atoms. The van der Waals surface area contributed by atoms with Gasteiger partial charge >= 0.3 is 0 Å². The van der Waals surface area contributed by atoms with Gasteiger partial charge in [-0.1, -0.05) is 18.2 Å². The van der Waals surface area contributed by atoms with E-state index < -0.39 is 21.9 Å². The van der Waals surface area contributed by atoms with Gasteiger partial charge in [-0.05, 0) is 55.8 Å². The number of carbonyl (C=O) groups is 2. The van der Waals surface area contributed by atoms with Crippen molar-refractivity contribution < 1.29 is 18.9 Å². The van der Waals surface area contributed by atoms with Gasteiger partial charge in [-0.15, -0.1) is 11.8 Å². The number of non-ortho nitro benzene ring substituents is 1. The van der Waals surface area contributed by atoms with Gasteiger partial charge in [0.2, 0.25) is 5.91 Å². The normalized spacial score (nSPS) is 11.5. The summed E-state index contributed by atoms with van der Waals surface area (Å²) in [6.07, 6.45) is 0. The van der Waals surface area contributed by atoms with Crippen LogP contribution >= 0.6 is 11.8 Å². The average molecular weight is 453 g/mol. The Morgan fingerprint density at radius 1 is 1.03 bits per heavy atom. The Morgan fingerprint density at radius 2 is 1.78 bits per heavy atom. The number of aryl methyl sites for hydroxylation is 1. The summed E-state index contributed by atoms with van der Waals surface area (Å²) in [4.78, 5) is 36.0. The van der Waals surface area contributed by atoms with Crippen molar-refractivity contribution in [2.45, 2.75) is 24.0 Å². The van der Waals surface area contributed by atoms with E-state index in [4.69, 9.17) is 0 Å². The van der Waals surface area contributed by atoms with Crippen LogP contribution in [-0.2, 0) is 4.79 Å². The third-order valence-corrected chi connectivity index (χ3v) is 5.66. The van der Waals surface area contributed by atoms with E-state index >= 15 is 0 Å². The maximum absolute atomic E-state index is 13.8. The quantitative estimate of drug-likeness (QED) is 0.283. The molecule has 0 aliphatic rings. The Kier molecular flexibility index (Phi) is 7.21. The van der Waals surface area contributed by atoms with E-state index in [1.54, 1.807) is 44.2 Å². The highest BCUT2D eigenvalue weighted by Crippen LogP contribution is 2.28. The van der Waals surface area contributed by atoms with Crippen LogP contribution in [0.1, 0.15) is 22.8 Å². The van der Waals surface area contributed by atoms with Gasteiger partial charge in [-0.25, -0.2) is 4.39 Å². The monoisotopic (exact) mass is 453 g/mol. The van der Waals surface area contributed by atoms with E-state index in [1.165, 1.54) is 48.2 Å². The average Bonchev–Trinajstić information content (AvgIpc) is 2.75. The lowest BCUT2D eigenvalue weighted by atomic mass is 10.2. The Bertz CT molecular complexity index is 1190. The number of benzene rings is 3. The topological polar surface area (TPSA) is 101 Å². The van der Waals surface area contributed by atoms with Crippen molar-refractivity contribution in [3.8, 4) is 0 Å². The van der Waals surface area contributed by atoms with Gasteiger partial charge in [0.15, 0.2) is 0 Å². The van der Waals surface area contributed by atoms with Gasteiger partial charge in [0.05, 0.1) is 15.7 Å². The van der Waals surface area contributed by atoms with Gasteiger partial charge in [0, 0.05) is 28.4 Å². The zero-order valence-corrected chi connectivity index (χ0v) is 18.1. The Balaban J connectivity index is 1.64. The zero-order valence-electron chi connectivity index (χ0n) is 17.3. The highest BCUT2D eigenvalue weighted by atomic mass is 32.2. The molecule has 0 heterocycles. The first-order valence-corrected chi connectivity index (χ1v) is 10.5. The molecule has 1 atom stereocenters. The number of hydrogen-bond acceptors (Lipinski definition) is 5. The van der Waals surface area contributed by atoms with Crippen molar-refractivity contribution >= 4 is 40.6 Å². The number of hydrogen-bond donors (Lipinski definition) is 2. The van der Waals surface area contributed by atoms with Crippen LogP contribution in [0.5, 0.6) is 0 Å². The number of nitrogens with zero attached hydrogens (tertiary/aromatic N) is 1. The minimum atomic E-state index is -0.609. The standard InChI is InChI=1S/C23H20FN3O4S/c1-14-12-17(27(30)31)10-11-21(14)26-22(28)15(2)32-18-7-5-6-16(13-18)25-23(29)19-8-3-4-9-20(19)24/h3-13,15H,1-2H3,(H,25,29)(H,26,28). The van der Waals surface area contributed by atoms with Crippen LogP contribution in [0, 0.1) is 22.9 Å². The maximum Gasteiger partial charge on any atom is 0.269 e. The molecule has 2 amide bonds. The number of thioether (sulfide) groups is 1. The first-order chi connectivity index (χ1) is 15.2. The second kappa shape index (κ2) is 10.1. The van der Waals surface area contributed by atoms with Gasteiger partial charge in [-0.3, -0.25) is 19.7 Å². The third-order valence-electron chi connectivity index (χ3n) is 4.57. The second-order valence-electron chi connectivity index (χ2n) is 6.97. The molecule has 164 valence electrons. The highest BCUT2D eigenvalue weighted by Gasteiger charge is 2.17. The molecule has 2 N–H and O–H groups in total. The van der Waals surface area contributed by atoms with E-state index in [9.17, 15) is 24.1 Å². The van der Waals surface area contributed by atoms with E-state index in [1.807, 2.05) is 0 Å². The van der Waals surface area contributed by atoms with E-state index in [0.29, 0.717) is 16.9 Å². The van der Waals surface area contributed by atoms with Crippen molar-refractivity contribution in [3.63, 3.8) is 0 Å². The van der Waals surface area contributed by atoms with Crippen molar-refractivity contribution in [2.24, 2.45) is 0 Å². The molecule has 0 fully saturated rings. The molecular formula is C23H20FN3O4S. The van der Waals surface area contributed by atoms with Gasteiger partial charge in [0.1, 0.15) is 5.82 Å². The number of nitrogens with one attached hydrogen (secondary N) is 2. The fraction of sp³-hybridized carbons (Fsp3) is 0.130. The van der Waals surface area contributed by atoms with Crippen LogP contribution in [0.2, 0.25) is 0 Å². The smallest absolute Gasteiger partial charge is 0.269 e. The maximum atomic E-state index is 13.8. The summed E-state index contributed by atoms with van der Waals surface area (Å²) in [5.74, 6) is -1.44.